The van der Waals surface area contributed by atoms with Crippen LogP contribution in [0.15, 0.2) is 18.6 Å². The molecule has 12 nitrogen and oxygen atoms in total. The van der Waals surface area contributed by atoms with Crippen LogP contribution in [0.3, 0.4) is 0 Å². The van der Waals surface area contributed by atoms with Gasteiger partial charge in [0.1, 0.15) is 23.4 Å². The van der Waals surface area contributed by atoms with E-state index in [9.17, 15) is 4.79 Å². The lowest BCUT2D eigenvalue weighted by molar-refractivity contribution is -0.197. The van der Waals surface area contributed by atoms with Gasteiger partial charge in [-0.15, -0.1) is 5.10 Å². The van der Waals surface area contributed by atoms with Crippen LogP contribution >= 0.6 is 0 Å². The van der Waals surface area contributed by atoms with Gasteiger partial charge in [-0.1, -0.05) is 12.1 Å². The second-order valence-corrected chi connectivity index (χ2v) is 8.29. The Balaban J connectivity index is 1.61. The van der Waals surface area contributed by atoms with Crippen LogP contribution in [-0.4, -0.2) is 73.5 Å². The minimum Gasteiger partial charge on any atom is -0.383 e. The van der Waals surface area contributed by atoms with Crippen molar-refractivity contribution in [1.29, 1.82) is 0 Å². The Morgan fingerprint density at radius 3 is 2.81 bits per heavy atom. The van der Waals surface area contributed by atoms with Gasteiger partial charge < -0.3 is 24.8 Å². The van der Waals surface area contributed by atoms with Crippen molar-refractivity contribution < 1.29 is 19.0 Å². The molecule has 0 spiro atoms. The second kappa shape index (κ2) is 7.80. The number of amides is 1. The third kappa shape index (κ3) is 3.40. The number of nitrogens with zero attached hydrogens (tertiary/aromatic N) is 5. The fraction of sp³-hybridized carbons (Fsp3) is 0.550. The number of pyridine rings is 1. The number of ether oxygens (including phenoxy) is 3. The predicted octanol–water partition coefficient (Wildman–Crippen LogP) is 1.20. The van der Waals surface area contributed by atoms with Crippen LogP contribution in [0.1, 0.15) is 33.4 Å². The van der Waals surface area contributed by atoms with E-state index in [-0.39, 0.29) is 5.91 Å². The summed E-state index contributed by atoms with van der Waals surface area (Å²) < 4.78 is 20.1. The van der Waals surface area contributed by atoms with Gasteiger partial charge >= 0.3 is 0 Å². The number of aromatic nitrogens is 6. The predicted molar refractivity (Wildman–Crippen MR) is 113 cm³/mol. The molecule has 0 aromatic carbocycles. The van der Waals surface area contributed by atoms with Crippen molar-refractivity contribution in [3.05, 3.63) is 18.6 Å². The van der Waals surface area contributed by atoms with Gasteiger partial charge in [0, 0.05) is 13.6 Å². The summed E-state index contributed by atoms with van der Waals surface area (Å²) in [6.45, 7) is 6.51. The molecule has 3 aromatic heterocycles. The molecule has 4 atom stereocenters. The second-order valence-electron chi connectivity index (χ2n) is 8.29. The summed E-state index contributed by atoms with van der Waals surface area (Å²) in [6.07, 6.45) is 1.77. The lowest BCUT2D eigenvalue weighted by atomic mass is 10.1. The molecule has 2 aliphatic heterocycles. The van der Waals surface area contributed by atoms with E-state index in [1.165, 1.54) is 0 Å². The molecule has 2 saturated heterocycles. The minimum absolute atomic E-state index is 0.269. The molecule has 3 N–H and O–H groups in total. The van der Waals surface area contributed by atoms with Crippen LogP contribution in [0, 0.1) is 0 Å². The zero-order valence-corrected chi connectivity index (χ0v) is 18.3. The maximum Gasteiger partial charge on any atom is 0.251 e. The number of likely N-dealkylation sites (N-methyl/N-ethyl adjacent to an activating group) is 1. The first-order valence-electron chi connectivity index (χ1n) is 10.6. The number of H-pyrrole nitrogens is 1. The summed E-state index contributed by atoms with van der Waals surface area (Å²) in [7, 11) is 1.57. The Morgan fingerprint density at radius 1 is 1.28 bits per heavy atom. The molecule has 0 radical (unpaired) electrons. The van der Waals surface area contributed by atoms with Crippen LogP contribution in [0.25, 0.3) is 22.6 Å². The van der Waals surface area contributed by atoms with E-state index in [2.05, 4.69) is 38.0 Å². The average Bonchev–Trinajstić information content (AvgIpc) is 3.54. The monoisotopic (exact) mass is 442 g/mol. The largest absolute Gasteiger partial charge is 0.383 e. The summed E-state index contributed by atoms with van der Waals surface area (Å²) >= 11 is 0. The number of carbonyl (C=O) groups is 1. The third-order valence-electron chi connectivity index (χ3n) is 5.58. The molecule has 0 aliphatic carbocycles. The number of imidazole rings is 1. The number of fused-ring (bicyclic) bond motifs is 2. The zero-order valence-electron chi connectivity index (χ0n) is 18.3. The van der Waals surface area contributed by atoms with Gasteiger partial charge in [-0.3, -0.25) is 14.5 Å². The van der Waals surface area contributed by atoms with Gasteiger partial charge in [-0.2, -0.15) is 0 Å². The van der Waals surface area contributed by atoms with Crippen LogP contribution in [0.4, 0.5) is 5.69 Å². The lowest BCUT2D eigenvalue weighted by Gasteiger charge is -2.24. The van der Waals surface area contributed by atoms with Crippen molar-refractivity contribution in [2.24, 2.45) is 0 Å². The van der Waals surface area contributed by atoms with Crippen molar-refractivity contribution >= 4 is 22.8 Å². The number of hydrogen-bond donors (Lipinski definition) is 3. The molecule has 0 bridgehead atoms. The van der Waals surface area contributed by atoms with E-state index < -0.39 is 30.3 Å². The highest BCUT2D eigenvalue weighted by molar-refractivity contribution is 5.88. The molecule has 170 valence electrons. The van der Waals surface area contributed by atoms with E-state index in [0.717, 1.165) is 18.7 Å². The smallest absolute Gasteiger partial charge is 0.251 e. The number of anilines is 1. The molecule has 12 heteroatoms. The standard InChI is InChI=1S/C20H26N8O4/c1-5-6-22-11-7-10(12-8-24-27-26-12)25-17-13(11)23-9-28(17)19-16-14(31-20(2,3)32-16)15(30-19)18(29)21-4/h7-9,14-16,19H,5-6H2,1-4H3,(H,21,29)(H,22,25)(H,24,26,27)/t14-,15+,16-,19-/m1/s1. The number of aromatic amines is 1. The van der Waals surface area contributed by atoms with Crippen molar-refractivity contribution in [2.75, 3.05) is 18.9 Å². The van der Waals surface area contributed by atoms with E-state index in [1.54, 1.807) is 24.1 Å². The third-order valence-corrected chi connectivity index (χ3v) is 5.58. The Kier molecular flexibility index (Phi) is 5.07. The first kappa shape index (κ1) is 20.8. The van der Waals surface area contributed by atoms with E-state index >= 15 is 0 Å². The highest BCUT2D eigenvalue weighted by atomic mass is 16.8. The molecule has 2 aliphatic rings. The number of nitrogens with one attached hydrogen (secondary N) is 3. The van der Waals surface area contributed by atoms with Gasteiger partial charge in [0.05, 0.1) is 23.9 Å². The Bertz CT molecular complexity index is 1130. The normalized spacial score (nSPS) is 26.4. The topological polar surface area (TPSA) is 141 Å². The first-order valence-corrected chi connectivity index (χ1v) is 10.6. The van der Waals surface area contributed by atoms with E-state index in [0.29, 0.717) is 22.6 Å². The van der Waals surface area contributed by atoms with Gasteiger partial charge in [-0.25, -0.2) is 9.97 Å². The van der Waals surface area contributed by atoms with Crippen molar-refractivity contribution in [3.63, 3.8) is 0 Å². The van der Waals surface area contributed by atoms with Crippen LogP contribution in [0.2, 0.25) is 0 Å². The highest BCUT2D eigenvalue weighted by Gasteiger charge is 2.58. The molecule has 5 heterocycles. The summed E-state index contributed by atoms with van der Waals surface area (Å²) in [5.41, 5.74) is 3.34. The molecule has 2 fully saturated rings. The molecule has 5 rings (SSSR count). The Hall–Kier alpha value is -3.09. The summed E-state index contributed by atoms with van der Waals surface area (Å²) in [4.78, 5) is 21.9. The molecule has 3 aromatic rings. The molecule has 0 saturated carbocycles. The van der Waals surface area contributed by atoms with Crippen LogP contribution < -0.4 is 10.6 Å². The maximum absolute atomic E-state index is 12.5. The Labute approximate surface area is 184 Å². The number of carbonyl (C=O) groups excluding carboxylic acids is 1. The maximum atomic E-state index is 12.5. The van der Waals surface area contributed by atoms with E-state index in [1.807, 2.05) is 19.9 Å². The van der Waals surface area contributed by atoms with Gasteiger partial charge in [0.2, 0.25) is 0 Å². The summed E-state index contributed by atoms with van der Waals surface area (Å²) in [6, 6.07) is 1.90. The first-order chi connectivity index (χ1) is 15.4. The average molecular weight is 442 g/mol. The van der Waals surface area contributed by atoms with E-state index in [4.69, 9.17) is 19.2 Å². The van der Waals surface area contributed by atoms with Crippen molar-refractivity contribution in [3.8, 4) is 11.4 Å². The molecule has 32 heavy (non-hydrogen) atoms. The minimum atomic E-state index is -0.840. The highest BCUT2D eigenvalue weighted by Crippen LogP contribution is 2.44. The summed E-state index contributed by atoms with van der Waals surface area (Å²) in [5.74, 6) is -1.11. The van der Waals surface area contributed by atoms with Crippen molar-refractivity contribution in [2.45, 2.75) is 57.5 Å². The van der Waals surface area contributed by atoms with Crippen molar-refractivity contribution in [1.82, 2.24) is 35.3 Å². The van der Waals surface area contributed by atoms with Gasteiger partial charge in [0.15, 0.2) is 23.8 Å². The molecular formula is C20H26N8O4. The SMILES string of the molecule is CCCNc1cc(-c2c[nH]nn2)nc2c1ncn2[C@@H]1O[C@H](C(=O)NC)[C@H]2OC(C)(C)O[C@H]21. The summed E-state index contributed by atoms with van der Waals surface area (Å²) in [5, 5.41) is 16.6. The number of hydrogen-bond acceptors (Lipinski definition) is 9. The fourth-order valence-electron chi connectivity index (χ4n) is 4.20. The molecule has 0 unspecified atom stereocenters. The van der Waals surface area contributed by atoms with Gasteiger partial charge in [-0.05, 0) is 26.3 Å². The zero-order chi connectivity index (χ0) is 22.5. The molecular weight excluding hydrogens is 416 g/mol. The van der Waals surface area contributed by atoms with Crippen LogP contribution in [0.5, 0.6) is 0 Å². The quantitative estimate of drug-likeness (QED) is 0.513. The Morgan fingerprint density at radius 2 is 2.09 bits per heavy atom. The number of rotatable bonds is 6. The fourth-order valence-corrected chi connectivity index (χ4v) is 4.20. The van der Waals surface area contributed by atoms with Gasteiger partial charge in [0.25, 0.3) is 5.91 Å². The molecule has 1 amide bonds. The van der Waals surface area contributed by atoms with Crippen LogP contribution in [-0.2, 0) is 19.0 Å². The lowest BCUT2D eigenvalue weighted by Crippen LogP contribution is -2.41.